The van der Waals surface area contributed by atoms with Gasteiger partial charge in [-0.3, -0.25) is 5.10 Å². The fourth-order valence-corrected chi connectivity index (χ4v) is 1.90. The van der Waals surface area contributed by atoms with Gasteiger partial charge in [-0.25, -0.2) is 9.97 Å². The van der Waals surface area contributed by atoms with Gasteiger partial charge in [0.25, 0.3) is 0 Å². The molecule has 3 rings (SSSR count). The molecule has 3 aromatic rings. The van der Waals surface area contributed by atoms with Gasteiger partial charge in [0, 0.05) is 25.9 Å². The monoisotopic (exact) mass is 248 g/mol. The first-order chi connectivity index (χ1) is 8.24. The average molecular weight is 249 g/mol. The van der Waals surface area contributed by atoms with E-state index in [4.69, 9.17) is 11.6 Å². The summed E-state index contributed by atoms with van der Waals surface area (Å²) in [5.74, 6) is 0.919. The van der Waals surface area contributed by atoms with E-state index in [0.717, 1.165) is 16.9 Å². The van der Waals surface area contributed by atoms with Crippen LogP contribution in [-0.4, -0.2) is 29.7 Å². The lowest BCUT2D eigenvalue weighted by molar-refractivity contribution is 0.813. The molecule has 6 nitrogen and oxygen atoms in total. The SMILES string of the molecule is Cn1ccnc1Cc1nc(Cl)nc2[nH]ncc12. The highest BCUT2D eigenvalue weighted by Gasteiger charge is 2.11. The Kier molecular flexibility index (Phi) is 2.29. The van der Waals surface area contributed by atoms with E-state index in [1.54, 1.807) is 12.4 Å². The Labute approximate surface area is 102 Å². The minimum absolute atomic E-state index is 0.214. The summed E-state index contributed by atoms with van der Waals surface area (Å²) in [4.78, 5) is 12.5. The molecule has 0 saturated carbocycles. The molecule has 0 atom stereocenters. The highest BCUT2D eigenvalue weighted by molar-refractivity contribution is 6.28. The molecule has 0 aliphatic heterocycles. The summed E-state index contributed by atoms with van der Waals surface area (Å²) in [6, 6.07) is 0. The molecule has 0 amide bonds. The van der Waals surface area contributed by atoms with Gasteiger partial charge >= 0.3 is 0 Å². The third-order valence-corrected chi connectivity index (χ3v) is 2.78. The molecule has 17 heavy (non-hydrogen) atoms. The van der Waals surface area contributed by atoms with Gasteiger partial charge < -0.3 is 4.57 Å². The third kappa shape index (κ3) is 1.76. The maximum Gasteiger partial charge on any atom is 0.224 e. The van der Waals surface area contributed by atoms with Crippen LogP contribution in [0.15, 0.2) is 18.6 Å². The van der Waals surface area contributed by atoms with Crippen molar-refractivity contribution >= 4 is 22.6 Å². The largest absolute Gasteiger partial charge is 0.338 e. The van der Waals surface area contributed by atoms with Crippen LogP contribution in [-0.2, 0) is 13.5 Å². The zero-order chi connectivity index (χ0) is 11.8. The summed E-state index contributed by atoms with van der Waals surface area (Å²) in [6.07, 6.45) is 5.95. The van der Waals surface area contributed by atoms with Crippen molar-refractivity contribution in [3.05, 3.63) is 35.4 Å². The van der Waals surface area contributed by atoms with Gasteiger partial charge in [-0.2, -0.15) is 10.1 Å². The number of halogens is 1. The van der Waals surface area contributed by atoms with Crippen LogP contribution >= 0.6 is 11.6 Å². The van der Waals surface area contributed by atoms with E-state index in [2.05, 4.69) is 25.1 Å². The van der Waals surface area contributed by atoms with Crippen molar-refractivity contribution in [2.24, 2.45) is 7.05 Å². The lowest BCUT2D eigenvalue weighted by Gasteiger charge is -2.03. The highest BCUT2D eigenvalue weighted by Crippen LogP contribution is 2.17. The lowest BCUT2D eigenvalue weighted by Crippen LogP contribution is -2.02. The topological polar surface area (TPSA) is 72.3 Å². The second-order valence-corrected chi connectivity index (χ2v) is 4.04. The summed E-state index contributed by atoms with van der Waals surface area (Å²) in [5, 5.41) is 7.81. The first-order valence-corrected chi connectivity index (χ1v) is 5.43. The molecule has 7 heteroatoms. The van der Waals surface area contributed by atoms with E-state index < -0.39 is 0 Å². The molecule has 0 aromatic carbocycles. The fraction of sp³-hybridized carbons (Fsp3) is 0.200. The van der Waals surface area contributed by atoms with Crippen LogP contribution in [0.1, 0.15) is 11.5 Å². The summed E-state index contributed by atoms with van der Waals surface area (Å²) >= 11 is 5.86. The van der Waals surface area contributed by atoms with Crippen molar-refractivity contribution in [3.8, 4) is 0 Å². The van der Waals surface area contributed by atoms with Crippen molar-refractivity contribution in [2.75, 3.05) is 0 Å². The van der Waals surface area contributed by atoms with Gasteiger partial charge in [0.2, 0.25) is 5.28 Å². The third-order valence-electron chi connectivity index (χ3n) is 2.61. The zero-order valence-corrected chi connectivity index (χ0v) is 9.81. The maximum atomic E-state index is 5.86. The average Bonchev–Trinajstić information content (AvgIpc) is 2.88. The Morgan fingerprint density at radius 3 is 3.06 bits per heavy atom. The van der Waals surface area contributed by atoms with Crippen LogP contribution in [0, 0.1) is 0 Å². The predicted octanol–water partition coefficient (Wildman–Crippen LogP) is 1.33. The molecule has 0 aliphatic carbocycles. The summed E-state index contributed by atoms with van der Waals surface area (Å²) in [5.41, 5.74) is 1.47. The van der Waals surface area contributed by atoms with Crippen molar-refractivity contribution in [2.45, 2.75) is 6.42 Å². The Bertz CT molecular complexity index is 670. The fourth-order valence-electron chi connectivity index (χ4n) is 1.72. The number of nitrogens with one attached hydrogen (secondary N) is 1. The second-order valence-electron chi connectivity index (χ2n) is 3.70. The normalized spacial score (nSPS) is 11.2. The summed E-state index contributed by atoms with van der Waals surface area (Å²) in [7, 11) is 1.94. The van der Waals surface area contributed by atoms with Gasteiger partial charge in [0.15, 0.2) is 5.65 Å². The van der Waals surface area contributed by atoms with E-state index in [1.807, 2.05) is 17.8 Å². The number of aryl methyl sites for hydroxylation is 1. The number of hydrogen-bond donors (Lipinski definition) is 1. The Balaban J connectivity index is 2.11. The number of aromatic nitrogens is 6. The van der Waals surface area contributed by atoms with Crippen LogP contribution in [0.4, 0.5) is 0 Å². The van der Waals surface area contributed by atoms with Crippen molar-refractivity contribution in [3.63, 3.8) is 0 Å². The molecule has 0 radical (unpaired) electrons. The van der Waals surface area contributed by atoms with Gasteiger partial charge in [0.05, 0.1) is 17.3 Å². The molecule has 0 saturated heterocycles. The van der Waals surface area contributed by atoms with Gasteiger partial charge in [0.1, 0.15) is 5.82 Å². The standard InChI is InChI=1S/C10H9ClN6/c1-17-3-2-12-8(17)4-7-6-5-13-16-9(6)15-10(11)14-7/h2-3,5H,4H2,1H3,(H,13,14,15,16). The number of aromatic amines is 1. The molecule has 3 heterocycles. The number of H-pyrrole nitrogens is 1. The highest BCUT2D eigenvalue weighted by atomic mass is 35.5. The second kappa shape index (κ2) is 3.81. The van der Waals surface area contributed by atoms with E-state index in [9.17, 15) is 0 Å². The molecule has 1 N–H and O–H groups in total. The Morgan fingerprint density at radius 2 is 2.29 bits per heavy atom. The first kappa shape index (κ1) is 10.2. The number of imidazole rings is 1. The Hall–Kier alpha value is -1.95. The first-order valence-electron chi connectivity index (χ1n) is 5.06. The van der Waals surface area contributed by atoms with Gasteiger partial charge in [-0.15, -0.1) is 0 Å². The number of rotatable bonds is 2. The zero-order valence-electron chi connectivity index (χ0n) is 9.05. The van der Waals surface area contributed by atoms with E-state index in [1.165, 1.54) is 0 Å². The molecule has 0 spiro atoms. The molecule has 86 valence electrons. The maximum absolute atomic E-state index is 5.86. The minimum Gasteiger partial charge on any atom is -0.338 e. The lowest BCUT2D eigenvalue weighted by atomic mass is 10.2. The van der Waals surface area contributed by atoms with Gasteiger partial charge in [-0.1, -0.05) is 0 Å². The molecule has 0 fully saturated rings. The molecule has 0 unspecified atom stereocenters. The van der Waals surface area contributed by atoms with Crippen molar-refractivity contribution < 1.29 is 0 Å². The van der Waals surface area contributed by atoms with Crippen LogP contribution in [0.3, 0.4) is 0 Å². The summed E-state index contributed by atoms with van der Waals surface area (Å²) in [6.45, 7) is 0. The number of fused-ring (bicyclic) bond motifs is 1. The van der Waals surface area contributed by atoms with Gasteiger partial charge in [-0.05, 0) is 11.6 Å². The molecule has 0 bridgehead atoms. The quantitative estimate of drug-likeness (QED) is 0.695. The Morgan fingerprint density at radius 1 is 1.41 bits per heavy atom. The van der Waals surface area contributed by atoms with E-state index in [0.29, 0.717) is 12.1 Å². The molecule has 3 aromatic heterocycles. The summed E-state index contributed by atoms with van der Waals surface area (Å²) < 4.78 is 1.95. The van der Waals surface area contributed by atoms with Crippen LogP contribution < -0.4 is 0 Å². The number of nitrogens with zero attached hydrogens (tertiary/aromatic N) is 5. The van der Waals surface area contributed by atoms with Crippen LogP contribution in [0.25, 0.3) is 11.0 Å². The van der Waals surface area contributed by atoms with E-state index in [-0.39, 0.29) is 5.28 Å². The molecular weight excluding hydrogens is 240 g/mol. The predicted molar refractivity (Wildman–Crippen MR) is 62.7 cm³/mol. The van der Waals surface area contributed by atoms with Crippen LogP contribution in [0.2, 0.25) is 5.28 Å². The van der Waals surface area contributed by atoms with Crippen LogP contribution in [0.5, 0.6) is 0 Å². The number of hydrogen-bond acceptors (Lipinski definition) is 4. The minimum atomic E-state index is 0.214. The smallest absolute Gasteiger partial charge is 0.224 e. The van der Waals surface area contributed by atoms with Crippen molar-refractivity contribution in [1.29, 1.82) is 0 Å². The molecule has 0 aliphatic rings. The van der Waals surface area contributed by atoms with E-state index >= 15 is 0 Å². The van der Waals surface area contributed by atoms with Crippen molar-refractivity contribution in [1.82, 2.24) is 29.7 Å². The molecular formula is C10H9ClN6.